The van der Waals surface area contributed by atoms with Crippen LogP contribution in [0.3, 0.4) is 0 Å². The number of hydrogen-bond donors (Lipinski definition) is 2. The first kappa shape index (κ1) is 13.8. The van der Waals surface area contributed by atoms with Crippen molar-refractivity contribution in [2.75, 3.05) is 26.1 Å². The van der Waals surface area contributed by atoms with E-state index >= 15 is 0 Å². The lowest BCUT2D eigenvalue weighted by Crippen LogP contribution is -2.50. The van der Waals surface area contributed by atoms with Gasteiger partial charge in [0.1, 0.15) is 5.75 Å². The molecule has 0 amide bonds. The molecular formula is C13H22N2O2. The van der Waals surface area contributed by atoms with E-state index in [9.17, 15) is 0 Å². The summed E-state index contributed by atoms with van der Waals surface area (Å²) in [6.45, 7) is 6.80. The molecule has 1 aromatic carbocycles. The van der Waals surface area contributed by atoms with Crippen LogP contribution in [0.5, 0.6) is 5.75 Å². The van der Waals surface area contributed by atoms with Crippen molar-refractivity contribution in [1.29, 1.82) is 0 Å². The van der Waals surface area contributed by atoms with Crippen molar-refractivity contribution < 1.29 is 9.47 Å². The second-order valence-corrected chi connectivity index (χ2v) is 4.05. The van der Waals surface area contributed by atoms with E-state index in [0.717, 1.165) is 23.5 Å². The minimum Gasteiger partial charge on any atom is -0.494 e. The fraction of sp³-hybridized carbons (Fsp3) is 0.538. The zero-order valence-corrected chi connectivity index (χ0v) is 11.3. The van der Waals surface area contributed by atoms with E-state index in [1.807, 2.05) is 39.0 Å². The van der Waals surface area contributed by atoms with Crippen molar-refractivity contribution in [2.45, 2.75) is 26.6 Å². The molecule has 17 heavy (non-hydrogen) atoms. The zero-order valence-electron chi connectivity index (χ0n) is 11.3. The molecule has 0 radical (unpaired) electrons. The quantitative estimate of drug-likeness (QED) is 0.747. The van der Waals surface area contributed by atoms with Crippen molar-refractivity contribution in [3.8, 4) is 5.75 Å². The Labute approximate surface area is 103 Å². The normalized spacial score (nSPS) is 14.2. The van der Waals surface area contributed by atoms with Gasteiger partial charge in [-0.15, -0.1) is 0 Å². The lowest BCUT2D eigenvalue weighted by Gasteiger charge is -2.31. The van der Waals surface area contributed by atoms with Gasteiger partial charge in [0, 0.05) is 7.11 Å². The van der Waals surface area contributed by atoms with Crippen LogP contribution in [0.1, 0.15) is 19.4 Å². The number of rotatable bonds is 6. The molecule has 0 saturated heterocycles. The summed E-state index contributed by atoms with van der Waals surface area (Å²) in [4.78, 5) is 0. The van der Waals surface area contributed by atoms with Crippen LogP contribution in [-0.2, 0) is 4.74 Å². The minimum atomic E-state index is -0.601. The highest BCUT2D eigenvalue weighted by molar-refractivity contribution is 5.60. The molecule has 0 aromatic heterocycles. The predicted molar refractivity (Wildman–Crippen MR) is 70.4 cm³/mol. The molecule has 0 aliphatic heterocycles. The summed E-state index contributed by atoms with van der Waals surface area (Å²) in [5.74, 6) is 0.240. The van der Waals surface area contributed by atoms with Gasteiger partial charge in [0.15, 0.2) is 5.85 Å². The summed E-state index contributed by atoms with van der Waals surface area (Å²) in [5, 5.41) is 6.55. The first-order chi connectivity index (χ1) is 8.06. The van der Waals surface area contributed by atoms with Crippen LogP contribution in [0.15, 0.2) is 18.2 Å². The number of hydrogen-bond acceptors (Lipinski definition) is 4. The summed E-state index contributed by atoms with van der Waals surface area (Å²) in [5.41, 5.74) is 2.00. The SMILES string of the molecule is CCNC(C)(Nc1cccc(C)c1OC)OC. The maximum Gasteiger partial charge on any atom is 0.192 e. The van der Waals surface area contributed by atoms with E-state index in [1.165, 1.54) is 0 Å². The van der Waals surface area contributed by atoms with Crippen molar-refractivity contribution in [2.24, 2.45) is 0 Å². The van der Waals surface area contributed by atoms with E-state index < -0.39 is 5.85 Å². The molecule has 4 heteroatoms. The third-order valence-corrected chi connectivity index (χ3v) is 2.71. The Kier molecular flexibility index (Phi) is 4.78. The first-order valence-corrected chi connectivity index (χ1v) is 5.78. The van der Waals surface area contributed by atoms with Crippen LogP contribution in [0.2, 0.25) is 0 Å². The number of methoxy groups -OCH3 is 2. The van der Waals surface area contributed by atoms with Gasteiger partial charge in [-0.25, -0.2) is 0 Å². The van der Waals surface area contributed by atoms with Crippen LogP contribution in [0.25, 0.3) is 0 Å². The van der Waals surface area contributed by atoms with E-state index in [-0.39, 0.29) is 0 Å². The lowest BCUT2D eigenvalue weighted by atomic mass is 10.2. The Hall–Kier alpha value is -1.26. The number of nitrogens with one attached hydrogen (secondary N) is 2. The standard InChI is InChI=1S/C13H22N2O2/c1-6-14-13(3,17-5)15-11-9-7-8-10(2)12(11)16-4/h7-9,14-15H,6H2,1-5H3. The molecule has 0 fully saturated rings. The number of benzene rings is 1. The molecule has 0 heterocycles. The van der Waals surface area contributed by atoms with Crippen molar-refractivity contribution >= 4 is 5.69 Å². The van der Waals surface area contributed by atoms with Gasteiger partial charge < -0.3 is 14.8 Å². The summed E-state index contributed by atoms with van der Waals surface area (Å²) in [6, 6.07) is 5.98. The molecule has 1 atom stereocenters. The molecule has 1 rings (SSSR count). The predicted octanol–water partition coefficient (Wildman–Crippen LogP) is 2.35. The Balaban J connectivity index is 2.97. The number of ether oxygens (including phenoxy) is 2. The maximum absolute atomic E-state index is 5.44. The number of anilines is 1. The second kappa shape index (κ2) is 5.89. The molecule has 0 aliphatic rings. The van der Waals surface area contributed by atoms with Gasteiger partial charge in [0.2, 0.25) is 0 Å². The van der Waals surface area contributed by atoms with Gasteiger partial charge in [-0.1, -0.05) is 19.1 Å². The monoisotopic (exact) mass is 238 g/mol. The van der Waals surface area contributed by atoms with Gasteiger partial charge in [0.25, 0.3) is 0 Å². The fourth-order valence-corrected chi connectivity index (χ4v) is 1.78. The Bertz CT molecular complexity index is 368. The van der Waals surface area contributed by atoms with Crippen molar-refractivity contribution in [1.82, 2.24) is 5.32 Å². The molecule has 4 nitrogen and oxygen atoms in total. The van der Waals surface area contributed by atoms with E-state index in [1.54, 1.807) is 14.2 Å². The maximum atomic E-state index is 5.44. The second-order valence-electron chi connectivity index (χ2n) is 4.05. The van der Waals surface area contributed by atoms with Crippen LogP contribution in [-0.4, -0.2) is 26.6 Å². The fourth-order valence-electron chi connectivity index (χ4n) is 1.78. The molecule has 0 aliphatic carbocycles. The Morgan fingerprint density at radius 3 is 2.53 bits per heavy atom. The van der Waals surface area contributed by atoms with Gasteiger partial charge >= 0.3 is 0 Å². The molecule has 0 saturated carbocycles. The molecule has 1 unspecified atom stereocenters. The summed E-state index contributed by atoms with van der Waals surface area (Å²) in [7, 11) is 3.34. The molecule has 96 valence electrons. The first-order valence-electron chi connectivity index (χ1n) is 5.78. The summed E-state index contributed by atoms with van der Waals surface area (Å²) < 4.78 is 10.8. The Morgan fingerprint density at radius 1 is 1.29 bits per heavy atom. The van der Waals surface area contributed by atoms with Gasteiger partial charge in [-0.2, -0.15) is 0 Å². The van der Waals surface area contributed by atoms with E-state index in [0.29, 0.717) is 0 Å². The van der Waals surface area contributed by atoms with Gasteiger partial charge in [0.05, 0.1) is 12.8 Å². The van der Waals surface area contributed by atoms with Crippen molar-refractivity contribution in [3.05, 3.63) is 23.8 Å². The lowest BCUT2D eigenvalue weighted by molar-refractivity contribution is 0.00275. The van der Waals surface area contributed by atoms with Crippen LogP contribution < -0.4 is 15.4 Å². The topological polar surface area (TPSA) is 42.5 Å². The van der Waals surface area contributed by atoms with Gasteiger partial charge in [-0.3, -0.25) is 5.32 Å². The molecule has 1 aromatic rings. The van der Waals surface area contributed by atoms with E-state index in [2.05, 4.69) is 10.6 Å². The highest BCUT2D eigenvalue weighted by Crippen LogP contribution is 2.29. The third kappa shape index (κ3) is 3.35. The third-order valence-electron chi connectivity index (χ3n) is 2.71. The Morgan fingerprint density at radius 2 is 2.00 bits per heavy atom. The van der Waals surface area contributed by atoms with Crippen LogP contribution in [0.4, 0.5) is 5.69 Å². The number of para-hydroxylation sites is 1. The average Bonchev–Trinajstić information content (AvgIpc) is 2.30. The molecule has 0 spiro atoms. The highest BCUT2D eigenvalue weighted by Gasteiger charge is 2.23. The number of aryl methyl sites for hydroxylation is 1. The van der Waals surface area contributed by atoms with Crippen LogP contribution >= 0.6 is 0 Å². The molecule has 2 N–H and O–H groups in total. The largest absolute Gasteiger partial charge is 0.494 e. The average molecular weight is 238 g/mol. The summed E-state index contributed by atoms with van der Waals surface area (Å²) >= 11 is 0. The highest BCUT2D eigenvalue weighted by atomic mass is 16.5. The van der Waals surface area contributed by atoms with Gasteiger partial charge in [-0.05, 0) is 32.0 Å². The minimum absolute atomic E-state index is 0.601. The zero-order chi connectivity index (χ0) is 12.9. The molecular weight excluding hydrogens is 216 g/mol. The van der Waals surface area contributed by atoms with Crippen molar-refractivity contribution in [3.63, 3.8) is 0 Å². The smallest absolute Gasteiger partial charge is 0.192 e. The van der Waals surface area contributed by atoms with Crippen LogP contribution in [0, 0.1) is 6.92 Å². The molecule has 0 bridgehead atoms. The summed E-state index contributed by atoms with van der Waals surface area (Å²) in [6.07, 6.45) is 0. The van der Waals surface area contributed by atoms with E-state index in [4.69, 9.17) is 9.47 Å².